The summed E-state index contributed by atoms with van der Waals surface area (Å²) in [5, 5.41) is 9.24. The van der Waals surface area contributed by atoms with Crippen molar-refractivity contribution in [2.75, 3.05) is 33.3 Å². The maximum atomic E-state index is 9.24. The van der Waals surface area contributed by atoms with E-state index in [9.17, 15) is 5.26 Å². The van der Waals surface area contributed by atoms with Gasteiger partial charge in [-0.1, -0.05) is 25.5 Å². The number of nitriles is 1. The highest BCUT2D eigenvalue weighted by Crippen LogP contribution is 2.15. The lowest BCUT2D eigenvalue weighted by Gasteiger charge is -2.36. The molecule has 0 bridgehead atoms. The molecule has 1 aliphatic rings. The summed E-state index contributed by atoms with van der Waals surface area (Å²) in [6.07, 6.45) is 2.05. The van der Waals surface area contributed by atoms with Crippen molar-refractivity contribution in [3.05, 3.63) is 29.8 Å². The molecule has 4 heteroatoms. The zero-order valence-electron chi connectivity index (χ0n) is 13.1. The molecule has 2 rings (SSSR count). The quantitative estimate of drug-likeness (QED) is 0.806. The van der Waals surface area contributed by atoms with Gasteiger partial charge in [-0.3, -0.25) is 9.80 Å². The van der Waals surface area contributed by atoms with Gasteiger partial charge < -0.3 is 4.74 Å². The Balaban J connectivity index is 1.82. The number of nitrogens with zero attached hydrogens (tertiary/aromatic N) is 3. The van der Waals surface area contributed by atoms with Gasteiger partial charge in [0.1, 0.15) is 5.75 Å². The van der Waals surface area contributed by atoms with Gasteiger partial charge in [0.2, 0.25) is 0 Å². The summed E-state index contributed by atoms with van der Waals surface area (Å²) in [7, 11) is 1.69. The molecule has 1 aromatic carbocycles. The lowest BCUT2D eigenvalue weighted by atomic mass is 10.1. The second-order valence-electron chi connectivity index (χ2n) is 5.59. The molecule has 0 saturated carbocycles. The molecule has 1 aliphatic heterocycles. The summed E-state index contributed by atoms with van der Waals surface area (Å²) >= 11 is 0. The van der Waals surface area contributed by atoms with Crippen LogP contribution in [0.15, 0.2) is 24.3 Å². The van der Waals surface area contributed by atoms with Crippen molar-refractivity contribution in [3.8, 4) is 11.8 Å². The molecular weight excluding hydrogens is 262 g/mol. The van der Waals surface area contributed by atoms with Gasteiger partial charge in [-0.2, -0.15) is 5.26 Å². The molecule has 0 aliphatic carbocycles. The van der Waals surface area contributed by atoms with E-state index in [2.05, 4.69) is 34.9 Å². The Morgan fingerprint density at radius 1 is 1.19 bits per heavy atom. The number of benzene rings is 1. The van der Waals surface area contributed by atoms with Crippen LogP contribution in [0.1, 0.15) is 25.3 Å². The van der Waals surface area contributed by atoms with E-state index in [0.717, 1.165) is 51.3 Å². The highest BCUT2D eigenvalue weighted by atomic mass is 16.5. The lowest BCUT2D eigenvalue weighted by molar-refractivity contribution is 0.106. The monoisotopic (exact) mass is 287 g/mol. The van der Waals surface area contributed by atoms with E-state index in [-0.39, 0.29) is 6.04 Å². The molecule has 1 aromatic rings. The third-order valence-corrected chi connectivity index (χ3v) is 4.12. The molecule has 1 saturated heterocycles. The zero-order valence-corrected chi connectivity index (χ0v) is 13.1. The van der Waals surface area contributed by atoms with Gasteiger partial charge in [0.15, 0.2) is 0 Å². The fourth-order valence-corrected chi connectivity index (χ4v) is 2.82. The summed E-state index contributed by atoms with van der Waals surface area (Å²) in [5.74, 6) is 0.903. The van der Waals surface area contributed by atoms with Crippen molar-refractivity contribution in [2.24, 2.45) is 0 Å². The average molecular weight is 287 g/mol. The molecule has 1 fully saturated rings. The van der Waals surface area contributed by atoms with Gasteiger partial charge in [0.25, 0.3) is 0 Å². The van der Waals surface area contributed by atoms with Crippen LogP contribution in [0, 0.1) is 11.3 Å². The van der Waals surface area contributed by atoms with E-state index >= 15 is 0 Å². The minimum absolute atomic E-state index is 0.0955. The average Bonchev–Trinajstić information content (AvgIpc) is 2.54. The van der Waals surface area contributed by atoms with Crippen LogP contribution in [0.3, 0.4) is 0 Å². The van der Waals surface area contributed by atoms with Crippen molar-refractivity contribution >= 4 is 0 Å². The number of piperazine rings is 1. The minimum atomic E-state index is 0.0955. The Morgan fingerprint density at radius 3 is 2.38 bits per heavy atom. The molecule has 4 nitrogen and oxygen atoms in total. The van der Waals surface area contributed by atoms with Gasteiger partial charge >= 0.3 is 0 Å². The fourth-order valence-electron chi connectivity index (χ4n) is 2.82. The Hall–Kier alpha value is -1.57. The van der Waals surface area contributed by atoms with Crippen molar-refractivity contribution in [1.82, 2.24) is 9.80 Å². The van der Waals surface area contributed by atoms with Crippen molar-refractivity contribution in [2.45, 2.75) is 32.4 Å². The van der Waals surface area contributed by atoms with Crippen LogP contribution in [0.5, 0.6) is 5.75 Å². The summed E-state index contributed by atoms with van der Waals surface area (Å²) < 4.78 is 5.18. The molecule has 21 heavy (non-hydrogen) atoms. The number of rotatable bonds is 6. The van der Waals surface area contributed by atoms with Crippen LogP contribution in [-0.4, -0.2) is 49.1 Å². The third-order valence-electron chi connectivity index (χ3n) is 4.12. The molecule has 1 heterocycles. The van der Waals surface area contributed by atoms with Gasteiger partial charge in [-0.05, 0) is 24.1 Å². The predicted molar refractivity (Wildman–Crippen MR) is 84.2 cm³/mol. The first-order valence-corrected chi connectivity index (χ1v) is 7.75. The Bertz CT molecular complexity index is 458. The van der Waals surface area contributed by atoms with Gasteiger partial charge in [0, 0.05) is 32.7 Å². The number of hydrogen-bond donors (Lipinski definition) is 0. The van der Waals surface area contributed by atoms with Gasteiger partial charge in [0.05, 0.1) is 19.2 Å². The SMILES string of the molecule is CCCC(C#N)N1CCN(Cc2ccc(OC)cc2)CC1. The standard InChI is InChI=1S/C17H25N3O/c1-3-4-16(13-18)20-11-9-19(10-12-20)14-15-5-7-17(21-2)8-6-15/h5-8,16H,3-4,9-12,14H2,1-2H3. The molecular formula is C17H25N3O. The molecule has 0 amide bonds. The van der Waals surface area contributed by atoms with E-state index in [1.807, 2.05) is 12.1 Å². The van der Waals surface area contributed by atoms with Gasteiger partial charge in [-0.15, -0.1) is 0 Å². The Morgan fingerprint density at radius 2 is 1.86 bits per heavy atom. The number of methoxy groups -OCH3 is 1. The largest absolute Gasteiger partial charge is 0.497 e. The maximum Gasteiger partial charge on any atom is 0.118 e. The Kier molecular flexibility index (Phi) is 6.04. The van der Waals surface area contributed by atoms with Crippen LogP contribution in [-0.2, 0) is 6.54 Å². The summed E-state index contributed by atoms with van der Waals surface area (Å²) in [6, 6.07) is 10.8. The predicted octanol–water partition coefficient (Wildman–Crippen LogP) is 2.51. The topological polar surface area (TPSA) is 39.5 Å². The van der Waals surface area contributed by atoms with Crippen LogP contribution in [0.2, 0.25) is 0 Å². The fraction of sp³-hybridized carbons (Fsp3) is 0.588. The maximum absolute atomic E-state index is 9.24. The van der Waals surface area contributed by atoms with Crippen molar-refractivity contribution in [3.63, 3.8) is 0 Å². The second-order valence-corrected chi connectivity index (χ2v) is 5.59. The van der Waals surface area contributed by atoms with Crippen LogP contribution < -0.4 is 4.74 Å². The highest BCUT2D eigenvalue weighted by molar-refractivity contribution is 5.27. The minimum Gasteiger partial charge on any atom is -0.497 e. The van der Waals surface area contributed by atoms with Crippen LogP contribution in [0.25, 0.3) is 0 Å². The molecule has 0 spiro atoms. The number of hydrogen-bond acceptors (Lipinski definition) is 4. The number of ether oxygens (including phenoxy) is 1. The van der Waals surface area contributed by atoms with E-state index in [1.54, 1.807) is 7.11 Å². The molecule has 0 radical (unpaired) electrons. The molecule has 0 N–H and O–H groups in total. The smallest absolute Gasteiger partial charge is 0.118 e. The third kappa shape index (κ3) is 4.45. The first-order valence-electron chi connectivity index (χ1n) is 7.75. The van der Waals surface area contributed by atoms with E-state index in [4.69, 9.17) is 4.74 Å². The molecule has 0 aromatic heterocycles. The lowest BCUT2D eigenvalue weighted by Crippen LogP contribution is -2.49. The normalized spacial score (nSPS) is 18.1. The van der Waals surface area contributed by atoms with Crippen LogP contribution in [0.4, 0.5) is 0 Å². The van der Waals surface area contributed by atoms with Crippen molar-refractivity contribution in [1.29, 1.82) is 5.26 Å². The van der Waals surface area contributed by atoms with Crippen LogP contribution >= 0.6 is 0 Å². The zero-order chi connectivity index (χ0) is 15.1. The molecule has 1 unspecified atom stereocenters. The first-order chi connectivity index (χ1) is 10.3. The van der Waals surface area contributed by atoms with E-state index in [1.165, 1.54) is 5.56 Å². The van der Waals surface area contributed by atoms with E-state index < -0.39 is 0 Å². The van der Waals surface area contributed by atoms with E-state index in [0.29, 0.717) is 0 Å². The summed E-state index contributed by atoms with van der Waals surface area (Å²) in [4.78, 5) is 4.78. The van der Waals surface area contributed by atoms with Gasteiger partial charge in [-0.25, -0.2) is 0 Å². The summed E-state index contributed by atoms with van der Waals surface area (Å²) in [5.41, 5.74) is 1.31. The molecule has 1 atom stereocenters. The second kappa shape index (κ2) is 8.02. The van der Waals surface area contributed by atoms with Crippen molar-refractivity contribution < 1.29 is 4.74 Å². The summed E-state index contributed by atoms with van der Waals surface area (Å²) in [6.45, 7) is 7.18. The molecule has 114 valence electrons. The highest BCUT2D eigenvalue weighted by Gasteiger charge is 2.22. The first kappa shape index (κ1) is 15.8. The Labute approximate surface area is 127 Å².